The van der Waals surface area contributed by atoms with Gasteiger partial charge < -0.3 is 0 Å². The van der Waals surface area contributed by atoms with Crippen LogP contribution in [0.3, 0.4) is 0 Å². The van der Waals surface area contributed by atoms with Crippen LogP contribution in [0.1, 0.15) is 55.4 Å². The highest BCUT2D eigenvalue weighted by atomic mass is 28.3. The highest BCUT2D eigenvalue weighted by molar-refractivity contribution is 6.90. The lowest BCUT2D eigenvalue weighted by Crippen LogP contribution is -2.44. The topological polar surface area (TPSA) is 0 Å². The second-order valence-corrected chi connectivity index (χ2v) is 14.1. The molecular formula is C22H34Si. The first-order chi connectivity index (χ1) is 10.2. The van der Waals surface area contributed by atoms with Gasteiger partial charge in [-0.2, -0.15) is 0 Å². The fraction of sp³-hybridized carbons (Fsp3) is 0.545. The van der Waals surface area contributed by atoms with Crippen LogP contribution in [0.4, 0.5) is 0 Å². The lowest BCUT2D eigenvalue weighted by molar-refractivity contribution is 0.461. The van der Waals surface area contributed by atoms with E-state index < -0.39 is 8.07 Å². The Morgan fingerprint density at radius 2 is 0.913 bits per heavy atom. The molecule has 2 fully saturated rings. The van der Waals surface area contributed by atoms with E-state index in [1.165, 1.54) is 23.7 Å². The lowest BCUT2D eigenvalue weighted by atomic mass is 9.79. The molecule has 0 saturated heterocycles. The maximum atomic E-state index is 2.51. The summed E-state index contributed by atoms with van der Waals surface area (Å²) in [6.45, 7) is 23.5. The Morgan fingerprint density at radius 3 is 1.13 bits per heavy atom. The number of hydrogen-bond donors (Lipinski definition) is 0. The van der Waals surface area contributed by atoms with Crippen LogP contribution in [0.25, 0.3) is 0 Å². The third-order valence-electron chi connectivity index (χ3n) is 5.27. The van der Waals surface area contributed by atoms with Gasteiger partial charge in [-0.15, -0.1) is 0 Å². The Morgan fingerprint density at radius 1 is 0.609 bits per heavy atom. The van der Waals surface area contributed by atoms with Crippen LogP contribution in [-0.2, 0) is 0 Å². The second-order valence-electron chi connectivity index (χ2n) is 9.81. The fourth-order valence-electron chi connectivity index (χ4n) is 3.60. The minimum Gasteiger partial charge on any atom is -0.0685 e. The zero-order chi connectivity index (χ0) is 17.8. The zero-order valence-corrected chi connectivity index (χ0v) is 17.8. The predicted molar refractivity (Wildman–Crippen MR) is 104 cm³/mol. The zero-order valence-electron chi connectivity index (χ0n) is 16.8. The van der Waals surface area contributed by atoms with Crippen molar-refractivity contribution in [2.24, 2.45) is 10.8 Å². The van der Waals surface area contributed by atoms with Crippen LogP contribution >= 0.6 is 0 Å². The van der Waals surface area contributed by atoms with Gasteiger partial charge in [-0.05, 0) is 71.3 Å². The van der Waals surface area contributed by atoms with Crippen molar-refractivity contribution in [2.45, 2.75) is 68.5 Å². The van der Waals surface area contributed by atoms with Crippen molar-refractivity contribution in [3.63, 3.8) is 0 Å². The van der Waals surface area contributed by atoms with Gasteiger partial charge in [-0.1, -0.05) is 68.5 Å². The Kier molecular flexibility index (Phi) is 5.25. The summed E-state index contributed by atoms with van der Waals surface area (Å²) in [5.41, 5.74) is 3.67. The molecule has 0 unspecified atom stereocenters. The van der Waals surface area contributed by atoms with Gasteiger partial charge in [0.05, 0.1) is 8.07 Å². The summed E-state index contributed by atoms with van der Waals surface area (Å²) in [4.78, 5) is 0. The standard InChI is InChI=1S/C22H34Si/c1-15-11-17(21(3,4)5)13-19(15)23(9,10)20-14-18(12-16(20)2)22(6,7)8/h11-14H,1-10H3. The van der Waals surface area contributed by atoms with E-state index in [-0.39, 0.29) is 10.8 Å². The van der Waals surface area contributed by atoms with E-state index in [4.69, 9.17) is 0 Å². The molecule has 0 bridgehead atoms. The van der Waals surface area contributed by atoms with E-state index in [0.29, 0.717) is 0 Å². The van der Waals surface area contributed by atoms with E-state index in [0.717, 1.165) is 0 Å². The maximum absolute atomic E-state index is 2.51. The monoisotopic (exact) mass is 326 g/mol. The molecule has 2 aliphatic carbocycles. The summed E-state index contributed by atoms with van der Waals surface area (Å²) < 4.78 is 0. The van der Waals surface area contributed by atoms with Crippen molar-refractivity contribution < 1.29 is 0 Å². The number of rotatable bonds is 2. The van der Waals surface area contributed by atoms with Gasteiger partial charge in [0.15, 0.2) is 0 Å². The maximum Gasteiger partial charge on any atom is 0.0626 e. The molecule has 1 heteroatoms. The molecule has 0 spiro atoms. The van der Waals surface area contributed by atoms with Crippen LogP contribution in [0.15, 0.2) is 0 Å². The van der Waals surface area contributed by atoms with E-state index in [2.05, 4.69) is 94.2 Å². The summed E-state index contributed by atoms with van der Waals surface area (Å²) in [6, 6.07) is 0. The number of hydrogen-bond acceptors (Lipinski definition) is 0. The average Bonchev–Trinajstić information content (AvgIpc) is 2.91. The summed E-state index contributed by atoms with van der Waals surface area (Å²) in [6.07, 6.45) is 9.80. The Hall–Kier alpha value is 0.217. The van der Waals surface area contributed by atoms with Crippen molar-refractivity contribution in [2.75, 3.05) is 0 Å². The molecule has 0 aromatic carbocycles. The summed E-state index contributed by atoms with van der Waals surface area (Å²) in [5.74, 6) is 5.91. The average molecular weight is 327 g/mol. The van der Waals surface area contributed by atoms with Crippen molar-refractivity contribution in [1.82, 2.24) is 0 Å². The Balaban J connectivity index is 2.15. The largest absolute Gasteiger partial charge is 0.0685 e. The van der Waals surface area contributed by atoms with Crippen LogP contribution in [-0.4, -0.2) is 8.07 Å². The quantitative estimate of drug-likeness (QED) is 0.530. The van der Waals surface area contributed by atoms with E-state index >= 15 is 0 Å². The Bertz CT molecular complexity index is 371. The first kappa shape index (κ1) is 19.5. The van der Waals surface area contributed by atoms with Crippen molar-refractivity contribution in [3.8, 4) is 0 Å². The van der Waals surface area contributed by atoms with E-state index in [1.54, 1.807) is 11.1 Å². The molecule has 0 atom stereocenters. The van der Waals surface area contributed by atoms with Crippen LogP contribution in [0.5, 0.6) is 0 Å². The molecule has 2 rings (SSSR count). The van der Waals surface area contributed by atoms with E-state index in [9.17, 15) is 0 Å². The molecule has 0 nitrogen and oxygen atoms in total. The van der Waals surface area contributed by atoms with Crippen molar-refractivity contribution in [1.29, 1.82) is 0 Å². The summed E-state index contributed by atoms with van der Waals surface area (Å²) in [7, 11) is -1.66. The third kappa shape index (κ3) is 3.91. The van der Waals surface area contributed by atoms with Gasteiger partial charge in [-0.3, -0.25) is 0 Å². The minimum atomic E-state index is -1.66. The van der Waals surface area contributed by atoms with Gasteiger partial charge in [0.2, 0.25) is 0 Å². The molecule has 23 heavy (non-hydrogen) atoms. The fourth-order valence-corrected chi connectivity index (χ4v) is 7.04. The summed E-state index contributed by atoms with van der Waals surface area (Å²) in [5, 5.41) is 0. The molecule has 0 aromatic rings. The Labute approximate surface area is 148 Å². The molecule has 2 aliphatic rings. The van der Waals surface area contributed by atoms with Gasteiger partial charge >= 0.3 is 0 Å². The molecule has 0 N–H and O–H groups in total. The molecule has 0 heterocycles. The minimum absolute atomic E-state index is 0.227. The summed E-state index contributed by atoms with van der Waals surface area (Å²) >= 11 is 0. The first-order valence-electron chi connectivity index (χ1n) is 8.81. The smallest absolute Gasteiger partial charge is 0.0626 e. The molecule has 0 aliphatic heterocycles. The molecule has 126 valence electrons. The molecule has 0 amide bonds. The molecule has 10 radical (unpaired) electrons. The third-order valence-corrected chi connectivity index (χ3v) is 9.04. The van der Waals surface area contributed by atoms with Gasteiger partial charge in [-0.25, -0.2) is 0 Å². The highest BCUT2D eigenvalue weighted by Gasteiger charge is 2.54. The van der Waals surface area contributed by atoms with E-state index in [1.807, 2.05) is 0 Å². The highest BCUT2D eigenvalue weighted by Crippen LogP contribution is 2.57. The van der Waals surface area contributed by atoms with Gasteiger partial charge in [0, 0.05) is 0 Å². The predicted octanol–water partition coefficient (Wildman–Crippen LogP) is 6.20. The van der Waals surface area contributed by atoms with Crippen LogP contribution in [0, 0.1) is 71.3 Å². The van der Waals surface area contributed by atoms with Crippen molar-refractivity contribution >= 4 is 8.07 Å². The molecule has 0 aromatic heterocycles. The van der Waals surface area contributed by atoms with Crippen molar-refractivity contribution in [3.05, 3.63) is 60.4 Å². The SMILES string of the molecule is C[C]1[CH][C](C(C)(C)C)[CH][C]1[Si](C)(C)[C]1[CH][C](C(C)(C)C)[CH][C]1C. The molecular weight excluding hydrogens is 292 g/mol. The molecule has 2 saturated carbocycles. The lowest BCUT2D eigenvalue weighted by Gasteiger charge is -2.39. The van der Waals surface area contributed by atoms with Crippen LogP contribution in [0.2, 0.25) is 13.1 Å². The second kappa shape index (κ2) is 6.18. The van der Waals surface area contributed by atoms with Gasteiger partial charge in [0.1, 0.15) is 0 Å². The normalized spacial score (nSPS) is 25.8. The van der Waals surface area contributed by atoms with Gasteiger partial charge in [0.25, 0.3) is 0 Å². The van der Waals surface area contributed by atoms with Crippen LogP contribution < -0.4 is 0 Å². The first-order valence-corrected chi connectivity index (χ1v) is 11.8.